The standard InChI is InChI=1S/C13H24N4O/c1-5-14-10(2)11-15-16-12(18-11)17-8-6-7-13(3,4)9-17/h10,14H,5-9H2,1-4H3. The van der Waals surface area contributed by atoms with E-state index in [-0.39, 0.29) is 6.04 Å². The highest BCUT2D eigenvalue weighted by Crippen LogP contribution is 2.31. The summed E-state index contributed by atoms with van der Waals surface area (Å²) in [6, 6.07) is 0.788. The molecule has 1 atom stereocenters. The van der Waals surface area contributed by atoms with Crippen molar-refractivity contribution in [3.63, 3.8) is 0 Å². The molecule has 0 amide bonds. The maximum Gasteiger partial charge on any atom is 0.318 e. The zero-order chi connectivity index (χ0) is 13.2. The Kier molecular flexibility index (Phi) is 3.90. The van der Waals surface area contributed by atoms with Crippen LogP contribution >= 0.6 is 0 Å². The van der Waals surface area contributed by atoms with Crippen molar-refractivity contribution in [3.8, 4) is 0 Å². The van der Waals surface area contributed by atoms with Crippen molar-refractivity contribution in [2.75, 3.05) is 24.5 Å². The second kappa shape index (κ2) is 5.26. The van der Waals surface area contributed by atoms with E-state index in [2.05, 4.69) is 41.2 Å². The summed E-state index contributed by atoms with van der Waals surface area (Å²) >= 11 is 0. The molecule has 1 aromatic heterocycles. The normalized spacial score (nSPS) is 21.0. The predicted molar refractivity (Wildman–Crippen MR) is 71.6 cm³/mol. The second-order valence-electron chi connectivity index (χ2n) is 5.89. The van der Waals surface area contributed by atoms with Gasteiger partial charge in [0, 0.05) is 13.1 Å². The molecule has 5 heteroatoms. The highest BCUT2D eigenvalue weighted by Gasteiger charge is 2.29. The average molecular weight is 252 g/mol. The Labute approximate surface area is 109 Å². The average Bonchev–Trinajstić information content (AvgIpc) is 2.77. The number of piperidine rings is 1. The Morgan fingerprint density at radius 2 is 2.22 bits per heavy atom. The molecule has 5 nitrogen and oxygen atoms in total. The van der Waals surface area contributed by atoms with Gasteiger partial charge in [-0.1, -0.05) is 25.9 Å². The summed E-state index contributed by atoms with van der Waals surface area (Å²) in [6.07, 6.45) is 2.45. The van der Waals surface area contributed by atoms with E-state index >= 15 is 0 Å². The van der Waals surface area contributed by atoms with Crippen molar-refractivity contribution < 1.29 is 4.42 Å². The molecule has 0 saturated carbocycles. The Hall–Kier alpha value is -1.10. The molecule has 0 radical (unpaired) electrons. The van der Waals surface area contributed by atoms with Crippen molar-refractivity contribution in [1.29, 1.82) is 0 Å². The van der Waals surface area contributed by atoms with Gasteiger partial charge in [0.05, 0.1) is 6.04 Å². The molecular formula is C13H24N4O. The quantitative estimate of drug-likeness (QED) is 0.891. The number of hydrogen-bond acceptors (Lipinski definition) is 5. The number of anilines is 1. The fourth-order valence-electron chi connectivity index (χ4n) is 2.51. The second-order valence-corrected chi connectivity index (χ2v) is 5.89. The maximum absolute atomic E-state index is 5.77. The first kappa shape index (κ1) is 13.3. The summed E-state index contributed by atoms with van der Waals surface area (Å²) in [6.45, 7) is 11.6. The summed E-state index contributed by atoms with van der Waals surface area (Å²) in [7, 11) is 0. The summed E-state index contributed by atoms with van der Waals surface area (Å²) in [5.41, 5.74) is 0.333. The van der Waals surface area contributed by atoms with Crippen molar-refractivity contribution in [1.82, 2.24) is 15.5 Å². The van der Waals surface area contributed by atoms with E-state index in [4.69, 9.17) is 4.42 Å². The highest BCUT2D eigenvalue weighted by molar-refractivity contribution is 5.26. The van der Waals surface area contributed by atoms with Gasteiger partial charge in [0.1, 0.15) is 0 Å². The highest BCUT2D eigenvalue weighted by atomic mass is 16.4. The monoisotopic (exact) mass is 252 g/mol. The third-order valence-corrected chi connectivity index (χ3v) is 3.48. The molecule has 0 aliphatic carbocycles. The van der Waals surface area contributed by atoms with E-state index < -0.39 is 0 Å². The van der Waals surface area contributed by atoms with Gasteiger partial charge >= 0.3 is 6.01 Å². The Bertz CT molecular complexity index is 388. The van der Waals surface area contributed by atoms with Crippen molar-refractivity contribution in [2.45, 2.75) is 46.6 Å². The summed E-state index contributed by atoms with van der Waals surface area (Å²) in [4.78, 5) is 2.21. The lowest BCUT2D eigenvalue weighted by Crippen LogP contribution is -2.40. The molecular weight excluding hydrogens is 228 g/mol. The molecule has 1 unspecified atom stereocenters. The molecule has 102 valence electrons. The molecule has 1 saturated heterocycles. The van der Waals surface area contributed by atoms with E-state index in [0.29, 0.717) is 17.3 Å². The molecule has 1 aliphatic heterocycles. The Morgan fingerprint density at radius 1 is 1.44 bits per heavy atom. The zero-order valence-corrected chi connectivity index (χ0v) is 11.9. The van der Waals surface area contributed by atoms with Crippen LogP contribution in [0.3, 0.4) is 0 Å². The van der Waals surface area contributed by atoms with Crippen molar-refractivity contribution in [2.24, 2.45) is 5.41 Å². The van der Waals surface area contributed by atoms with Crippen LogP contribution in [0.2, 0.25) is 0 Å². The molecule has 18 heavy (non-hydrogen) atoms. The van der Waals surface area contributed by atoms with Crippen LogP contribution in [0, 0.1) is 5.41 Å². The van der Waals surface area contributed by atoms with E-state index in [0.717, 1.165) is 19.6 Å². The minimum Gasteiger partial charge on any atom is -0.406 e. The summed E-state index contributed by atoms with van der Waals surface area (Å²) < 4.78 is 5.77. The molecule has 0 bridgehead atoms. The van der Waals surface area contributed by atoms with E-state index in [1.165, 1.54) is 12.8 Å². The molecule has 0 aromatic carbocycles. The minimum absolute atomic E-state index is 0.119. The molecule has 1 fully saturated rings. The summed E-state index contributed by atoms with van der Waals surface area (Å²) in [5.74, 6) is 0.676. The number of hydrogen-bond donors (Lipinski definition) is 1. The van der Waals surface area contributed by atoms with E-state index in [1.54, 1.807) is 0 Å². The van der Waals surface area contributed by atoms with Crippen LogP contribution in [0.1, 0.15) is 52.5 Å². The van der Waals surface area contributed by atoms with Gasteiger partial charge in [-0.2, -0.15) is 0 Å². The first-order valence-corrected chi connectivity index (χ1v) is 6.83. The smallest absolute Gasteiger partial charge is 0.318 e. The Morgan fingerprint density at radius 3 is 2.89 bits per heavy atom. The van der Waals surface area contributed by atoms with Gasteiger partial charge in [0.2, 0.25) is 5.89 Å². The van der Waals surface area contributed by atoms with Crippen LogP contribution in [-0.2, 0) is 0 Å². The third-order valence-electron chi connectivity index (χ3n) is 3.48. The molecule has 0 spiro atoms. The van der Waals surface area contributed by atoms with Gasteiger partial charge in [-0.3, -0.25) is 0 Å². The molecule has 1 N–H and O–H groups in total. The fourth-order valence-corrected chi connectivity index (χ4v) is 2.51. The van der Waals surface area contributed by atoms with Gasteiger partial charge < -0.3 is 14.6 Å². The van der Waals surface area contributed by atoms with Crippen LogP contribution in [-0.4, -0.2) is 29.8 Å². The van der Waals surface area contributed by atoms with Crippen molar-refractivity contribution in [3.05, 3.63) is 5.89 Å². The predicted octanol–water partition coefficient (Wildman–Crippen LogP) is 2.37. The lowest BCUT2D eigenvalue weighted by Gasteiger charge is -2.36. The van der Waals surface area contributed by atoms with Gasteiger partial charge in [0.25, 0.3) is 0 Å². The first-order valence-electron chi connectivity index (χ1n) is 6.83. The minimum atomic E-state index is 0.119. The van der Waals surface area contributed by atoms with Crippen LogP contribution in [0.5, 0.6) is 0 Å². The lowest BCUT2D eigenvalue weighted by molar-refractivity contribution is 0.281. The number of nitrogens with zero attached hydrogens (tertiary/aromatic N) is 3. The van der Waals surface area contributed by atoms with Crippen molar-refractivity contribution >= 4 is 6.01 Å². The van der Waals surface area contributed by atoms with Gasteiger partial charge in [-0.05, 0) is 31.7 Å². The molecule has 1 aliphatic rings. The topological polar surface area (TPSA) is 54.2 Å². The summed E-state index contributed by atoms with van der Waals surface area (Å²) in [5, 5.41) is 11.6. The van der Waals surface area contributed by atoms with E-state index in [9.17, 15) is 0 Å². The van der Waals surface area contributed by atoms with Gasteiger partial charge in [-0.25, -0.2) is 0 Å². The van der Waals surface area contributed by atoms with Gasteiger partial charge in [0.15, 0.2) is 0 Å². The molecule has 2 rings (SSSR count). The lowest BCUT2D eigenvalue weighted by atomic mass is 9.84. The Balaban J connectivity index is 2.05. The SMILES string of the molecule is CCNC(C)c1nnc(N2CCCC(C)(C)C2)o1. The number of rotatable bonds is 4. The van der Waals surface area contributed by atoms with E-state index in [1.807, 2.05) is 6.92 Å². The molecule has 1 aromatic rings. The maximum atomic E-state index is 5.77. The largest absolute Gasteiger partial charge is 0.406 e. The van der Waals surface area contributed by atoms with Crippen LogP contribution < -0.4 is 10.2 Å². The van der Waals surface area contributed by atoms with Gasteiger partial charge in [-0.15, -0.1) is 5.10 Å². The molecule has 2 heterocycles. The van der Waals surface area contributed by atoms with Crippen LogP contribution in [0.4, 0.5) is 6.01 Å². The van der Waals surface area contributed by atoms with Crippen LogP contribution in [0.15, 0.2) is 4.42 Å². The van der Waals surface area contributed by atoms with Crippen LogP contribution in [0.25, 0.3) is 0 Å². The first-order chi connectivity index (χ1) is 8.52. The number of aromatic nitrogens is 2. The third kappa shape index (κ3) is 3.02. The number of nitrogens with one attached hydrogen (secondary N) is 1. The fraction of sp³-hybridized carbons (Fsp3) is 0.846. The zero-order valence-electron chi connectivity index (χ0n) is 11.9.